The molecule has 1 rings (SSSR count). The number of hydrogen-bond donors (Lipinski definition) is 2. The first-order valence-electron chi connectivity index (χ1n) is 6.65. The summed E-state index contributed by atoms with van der Waals surface area (Å²) in [6, 6.07) is 6.08. The fourth-order valence-corrected chi connectivity index (χ4v) is 1.62. The van der Waals surface area contributed by atoms with Crippen molar-refractivity contribution in [1.82, 2.24) is 9.88 Å². The van der Waals surface area contributed by atoms with Crippen molar-refractivity contribution in [1.29, 1.82) is 5.26 Å². The van der Waals surface area contributed by atoms with Crippen LogP contribution in [-0.4, -0.2) is 36.1 Å². The number of nitrogens with two attached hydrogens (primary N) is 1. The molecule has 0 aliphatic rings. The van der Waals surface area contributed by atoms with Gasteiger partial charge < -0.3 is 16.0 Å². The Labute approximate surface area is 115 Å². The van der Waals surface area contributed by atoms with Crippen LogP contribution in [-0.2, 0) is 0 Å². The lowest BCUT2D eigenvalue weighted by molar-refractivity contribution is 0.269. The maximum atomic E-state index is 8.84. The van der Waals surface area contributed by atoms with E-state index in [2.05, 4.69) is 36.1 Å². The summed E-state index contributed by atoms with van der Waals surface area (Å²) in [5.41, 5.74) is 6.32. The minimum atomic E-state index is 0.282. The molecule has 1 heterocycles. The molecule has 0 saturated carbocycles. The number of nitrogen functional groups attached to an aromatic ring is 1. The van der Waals surface area contributed by atoms with Crippen molar-refractivity contribution >= 4 is 11.5 Å². The fraction of sp³-hybridized carbons (Fsp3) is 0.571. The van der Waals surface area contributed by atoms with E-state index in [1.807, 2.05) is 6.07 Å². The smallest absolute Gasteiger partial charge is 0.165 e. The highest BCUT2D eigenvalue weighted by atomic mass is 15.1. The molecule has 19 heavy (non-hydrogen) atoms. The normalized spacial score (nSPS) is 10.7. The predicted octanol–water partition coefficient (Wildman–Crippen LogP) is 2.07. The van der Waals surface area contributed by atoms with Crippen molar-refractivity contribution in [3.63, 3.8) is 0 Å². The summed E-state index contributed by atoms with van der Waals surface area (Å²) < 4.78 is 0. The molecule has 5 heteroatoms. The van der Waals surface area contributed by atoms with E-state index in [9.17, 15) is 0 Å². The quantitative estimate of drug-likeness (QED) is 0.735. The molecule has 3 N–H and O–H groups in total. The number of rotatable bonds is 7. The average molecular weight is 261 g/mol. The first kappa shape index (κ1) is 15.3. The van der Waals surface area contributed by atoms with Gasteiger partial charge in [0.1, 0.15) is 11.9 Å². The van der Waals surface area contributed by atoms with Gasteiger partial charge in [0.05, 0.1) is 5.69 Å². The zero-order chi connectivity index (χ0) is 14.3. The van der Waals surface area contributed by atoms with Gasteiger partial charge in [-0.15, -0.1) is 0 Å². The first-order valence-corrected chi connectivity index (χ1v) is 6.65. The molecule has 0 bridgehead atoms. The van der Waals surface area contributed by atoms with E-state index in [4.69, 9.17) is 11.0 Å². The molecule has 0 saturated heterocycles. The topological polar surface area (TPSA) is 78.0 Å². The van der Waals surface area contributed by atoms with Crippen molar-refractivity contribution in [2.24, 2.45) is 0 Å². The molecule has 0 aliphatic heterocycles. The number of nitriles is 1. The van der Waals surface area contributed by atoms with Crippen LogP contribution in [0, 0.1) is 11.3 Å². The van der Waals surface area contributed by atoms with E-state index >= 15 is 0 Å². The lowest BCUT2D eigenvalue weighted by Crippen LogP contribution is -2.27. The number of aromatic nitrogens is 1. The molecule has 104 valence electrons. The van der Waals surface area contributed by atoms with Crippen LogP contribution in [0.3, 0.4) is 0 Å². The summed E-state index contributed by atoms with van der Waals surface area (Å²) in [7, 11) is 2.14. The third kappa shape index (κ3) is 5.14. The van der Waals surface area contributed by atoms with Crippen molar-refractivity contribution < 1.29 is 0 Å². The number of nitrogens with zero attached hydrogens (tertiary/aromatic N) is 3. The molecule has 0 spiro atoms. The summed E-state index contributed by atoms with van der Waals surface area (Å²) in [5.74, 6) is 0.711. The number of pyridine rings is 1. The molecule has 0 amide bonds. The molecule has 0 radical (unpaired) electrons. The zero-order valence-corrected chi connectivity index (χ0v) is 12.0. The van der Waals surface area contributed by atoms with Crippen LogP contribution >= 0.6 is 0 Å². The van der Waals surface area contributed by atoms with E-state index in [-0.39, 0.29) is 5.69 Å². The van der Waals surface area contributed by atoms with E-state index in [1.54, 1.807) is 12.1 Å². The summed E-state index contributed by atoms with van der Waals surface area (Å²) in [6.45, 7) is 6.34. The van der Waals surface area contributed by atoms with Crippen molar-refractivity contribution in [2.75, 3.05) is 31.2 Å². The van der Waals surface area contributed by atoms with E-state index in [0.717, 1.165) is 25.9 Å². The molecule has 0 aromatic carbocycles. The second-order valence-corrected chi connectivity index (χ2v) is 4.95. The number of anilines is 2. The minimum absolute atomic E-state index is 0.282. The maximum Gasteiger partial charge on any atom is 0.165 e. The van der Waals surface area contributed by atoms with Crippen molar-refractivity contribution in [3.8, 4) is 6.07 Å². The van der Waals surface area contributed by atoms with E-state index < -0.39 is 0 Å². The molecule has 0 unspecified atom stereocenters. The summed E-state index contributed by atoms with van der Waals surface area (Å²) >= 11 is 0. The van der Waals surface area contributed by atoms with Crippen LogP contribution in [0.2, 0.25) is 0 Å². The van der Waals surface area contributed by atoms with Gasteiger partial charge in [0.2, 0.25) is 0 Å². The zero-order valence-electron chi connectivity index (χ0n) is 12.0. The van der Waals surface area contributed by atoms with Gasteiger partial charge in [-0.1, -0.05) is 0 Å². The Hall–Kier alpha value is -1.80. The molecule has 1 aromatic rings. The molecule has 0 fully saturated rings. The van der Waals surface area contributed by atoms with E-state index in [0.29, 0.717) is 17.5 Å². The Morgan fingerprint density at radius 1 is 1.42 bits per heavy atom. The highest BCUT2D eigenvalue weighted by Gasteiger charge is 2.03. The van der Waals surface area contributed by atoms with Gasteiger partial charge in [-0.25, -0.2) is 4.98 Å². The van der Waals surface area contributed by atoms with Crippen LogP contribution < -0.4 is 11.1 Å². The Balaban J connectivity index is 2.29. The van der Waals surface area contributed by atoms with Gasteiger partial charge in [0.15, 0.2) is 5.69 Å². The largest absolute Gasteiger partial charge is 0.396 e. The SMILES string of the molecule is CC(C)N(C)CCCCNc1ccc(N)c(C#N)n1. The summed E-state index contributed by atoms with van der Waals surface area (Å²) in [4.78, 5) is 6.47. The Morgan fingerprint density at radius 3 is 2.79 bits per heavy atom. The summed E-state index contributed by atoms with van der Waals surface area (Å²) in [6.07, 6.45) is 2.22. The maximum absolute atomic E-state index is 8.84. The van der Waals surface area contributed by atoms with E-state index in [1.165, 1.54) is 0 Å². The predicted molar refractivity (Wildman–Crippen MR) is 78.9 cm³/mol. The van der Waals surface area contributed by atoms with Crippen molar-refractivity contribution in [3.05, 3.63) is 17.8 Å². The second-order valence-electron chi connectivity index (χ2n) is 4.95. The fourth-order valence-electron chi connectivity index (χ4n) is 1.62. The molecular weight excluding hydrogens is 238 g/mol. The molecular formula is C14H23N5. The van der Waals surface area contributed by atoms with Crippen LogP contribution in [0.4, 0.5) is 11.5 Å². The van der Waals surface area contributed by atoms with Crippen LogP contribution in [0.1, 0.15) is 32.4 Å². The van der Waals surface area contributed by atoms with Crippen LogP contribution in [0.5, 0.6) is 0 Å². The summed E-state index contributed by atoms with van der Waals surface area (Å²) in [5, 5.41) is 12.1. The molecule has 0 aliphatic carbocycles. The van der Waals surface area contributed by atoms with Gasteiger partial charge in [-0.3, -0.25) is 0 Å². The minimum Gasteiger partial charge on any atom is -0.396 e. The molecule has 0 atom stereocenters. The van der Waals surface area contributed by atoms with Gasteiger partial charge in [0.25, 0.3) is 0 Å². The van der Waals surface area contributed by atoms with Gasteiger partial charge in [-0.05, 0) is 52.4 Å². The lowest BCUT2D eigenvalue weighted by Gasteiger charge is -2.20. The number of hydrogen-bond acceptors (Lipinski definition) is 5. The molecule has 5 nitrogen and oxygen atoms in total. The Kier molecular flexibility index (Phi) is 6.10. The van der Waals surface area contributed by atoms with Gasteiger partial charge in [0, 0.05) is 12.6 Å². The third-order valence-electron chi connectivity index (χ3n) is 3.16. The number of unbranched alkanes of at least 4 members (excludes halogenated alkanes) is 1. The Morgan fingerprint density at radius 2 is 2.16 bits per heavy atom. The van der Waals surface area contributed by atoms with Crippen molar-refractivity contribution in [2.45, 2.75) is 32.7 Å². The lowest BCUT2D eigenvalue weighted by atomic mass is 10.2. The second kappa shape index (κ2) is 7.59. The monoisotopic (exact) mass is 261 g/mol. The first-order chi connectivity index (χ1) is 9.04. The highest BCUT2D eigenvalue weighted by Crippen LogP contribution is 2.12. The van der Waals surface area contributed by atoms with Crippen LogP contribution in [0.25, 0.3) is 0 Å². The van der Waals surface area contributed by atoms with Gasteiger partial charge >= 0.3 is 0 Å². The highest BCUT2D eigenvalue weighted by molar-refractivity contribution is 5.54. The van der Waals surface area contributed by atoms with Gasteiger partial charge in [-0.2, -0.15) is 5.26 Å². The molecule has 1 aromatic heterocycles. The van der Waals surface area contributed by atoms with Crippen LogP contribution in [0.15, 0.2) is 12.1 Å². The Bertz CT molecular complexity index is 436. The average Bonchev–Trinajstić information content (AvgIpc) is 2.39. The standard InChI is InChI=1S/C14H23N5/c1-11(2)19(3)9-5-4-8-17-14-7-6-12(16)13(10-15)18-14/h6-7,11H,4-5,8-9,16H2,1-3H3,(H,17,18). The number of nitrogens with one attached hydrogen (secondary N) is 1. The third-order valence-corrected chi connectivity index (χ3v) is 3.16.